The molecule has 2 aromatic rings. The van der Waals surface area contributed by atoms with Gasteiger partial charge < -0.3 is 0 Å². The van der Waals surface area contributed by atoms with E-state index in [0.717, 1.165) is 17.7 Å². The Hall–Kier alpha value is -1.99. The number of halogens is 3. The summed E-state index contributed by atoms with van der Waals surface area (Å²) >= 11 is 0. The molecule has 0 spiro atoms. The van der Waals surface area contributed by atoms with E-state index in [9.17, 15) is 13.2 Å². The van der Waals surface area contributed by atoms with Gasteiger partial charge in [0.2, 0.25) is 0 Å². The van der Waals surface area contributed by atoms with E-state index in [1.165, 1.54) is 43.0 Å². The molecule has 0 saturated carbocycles. The van der Waals surface area contributed by atoms with Gasteiger partial charge in [-0.25, -0.2) is 13.2 Å². The van der Waals surface area contributed by atoms with E-state index in [2.05, 4.69) is 30.9 Å². The summed E-state index contributed by atoms with van der Waals surface area (Å²) in [5, 5.41) is 0. The Morgan fingerprint density at radius 2 is 1.50 bits per heavy atom. The van der Waals surface area contributed by atoms with E-state index >= 15 is 0 Å². The second-order valence-corrected chi connectivity index (χ2v) is 10.6. The lowest BCUT2D eigenvalue weighted by molar-refractivity contribution is 0.446. The molecule has 0 nitrogen and oxygen atoms in total. The Morgan fingerprint density at radius 3 is 2.08 bits per heavy atom. The molecule has 2 aromatic carbocycles. The van der Waals surface area contributed by atoms with Crippen LogP contribution in [0.5, 0.6) is 0 Å². The lowest BCUT2D eigenvalue weighted by atomic mass is 9.93. The Morgan fingerprint density at radius 1 is 0.923 bits per heavy atom. The SMILES string of the molecule is CCC[Si@H]1CC[C@H](c2ccc(C#Cc3cc(F)c(F)c(F)c3)cc2)CC1. The van der Waals surface area contributed by atoms with Crippen LogP contribution in [-0.4, -0.2) is 8.80 Å². The van der Waals surface area contributed by atoms with Crippen molar-refractivity contribution in [3.8, 4) is 11.8 Å². The van der Waals surface area contributed by atoms with Gasteiger partial charge in [0.05, 0.1) is 0 Å². The predicted octanol–water partition coefficient (Wildman–Crippen LogP) is 6.02. The third kappa shape index (κ3) is 4.59. The smallest absolute Gasteiger partial charge is 0.194 e. The zero-order chi connectivity index (χ0) is 18.5. The highest BCUT2D eigenvalue weighted by Crippen LogP contribution is 2.34. The highest BCUT2D eigenvalue weighted by atomic mass is 28.3. The molecule has 4 heteroatoms. The summed E-state index contributed by atoms with van der Waals surface area (Å²) in [6.07, 6.45) is 3.93. The lowest BCUT2D eigenvalue weighted by Gasteiger charge is -2.27. The fourth-order valence-corrected chi connectivity index (χ4v) is 7.23. The molecule has 1 saturated heterocycles. The van der Waals surface area contributed by atoms with Crippen molar-refractivity contribution in [2.45, 2.75) is 50.2 Å². The molecule has 3 rings (SSSR count). The quantitative estimate of drug-likeness (QED) is 0.351. The Balaban J connectivity index is 1.66. The zero-order valence-corrected chi connectivity index (χ0v) is 16.2. The van der Waals surface area contributed by atoms with Crippen LogP contribution in [0.1, 0.15) is 48.8 Å². The van der Waals surface area contributed by atoms with Gasteiger partial charge in [0.1, 0.15) is 0 Å². The van der Waals surface area contributed by atoms with Crippen molar-refractivity contribution in [2.75, 3.05) is 0 Å². The van der Waals surface area contributed by atoms with Gasteiger partial charge in [-0.2, -0.15) is 0 Å². The second kappa shape index (κ2) is 8.59. The maximum Gasteiger partial charge on any atom is 0.194 e. The number of hydrogen-bond donors (Lipinski definition) is 0. The molecule has 0 amide bonds. The van der Waals surface area contributed by atoms with Gasteiger partial charge in [0.15, 0.2) is 17.5 Å². The molecule has 0 N–H and O–H groups in total. The van der Waals surface area contributed by atoms with Crippen molar-refractivity contribution in [3.63, 3.8) is 0 Å². The molecule has 0 unspecified atom stereocenters. The van der Waals surface area contributed by atoms with Gasteiger partial charge in [0, 0.05) is 19.9 Å². The van der Waals surface area contributed by atoms with Gasteiger partial charge in [0.25, 0.3) is 0 Å². The molecule has 0 atom stereocenters. The third-order valence-electron chi connectivity index (χ3n) is 5.26. The number of rotatable bonds is 3. The van der Waals surface area contributed by atoms with Crippen LogP contribution >= 0.6 is 0 Å². The van der Waals surface area contributed by atoms with Crippen molar-refractivity contribution >= 4 is 8.80 Å². The average molecular weight is 373 g/mol. The summed E-state index contributed by atoms with van der Waals surface area (Å²) in [6, 6.07) is 14.3. The van der Waals surface area contributed by atoms with E-state index in [1.54, 1.807) is 0 Å². The summed E-state index contributed by atoms with van der Waals surface area (Å²) in [5.41, 5.74) is 2.27. The summed E-state index contributed by atoms with van der Waals surface area (Å²) in [6.45, 7) is 2.29. The first-order chi connectivity index (χ1) is 12.6. The Bertz CT molecular complexity index is 787. The standard InChI is InChI=1S/C22H23F3Si/c1-2-11-26-12-9-19(10-13-26)18-7-5-16(6-8-18)3-4-17-14-20(23)22(25)21(24)15-17/h5-8,14-15,19,26H,2,9-13H2,1H3/t19-,26-. The van der Waals surface area contributed by atoms with E-state index in [1.807, 2.05) is 12.1 Å². The van der Waals surface area contributed by atoms with Crippen LogP contribution in [-0.2, 0) is 0 Å². The molecular formula is C22H23F3Si. The van der Waals surface area contributed by atoms with Crippen LogP contribution in [0.3, 0.4) is 0 Å². The van der Waals surface area contributed by atoms with Crippen molar-refractivity contribution in [1.82, 2.24) is 0 Å². The van der Waals surface area contributed by atoms with E-state index in [-0.39, 0.29) is 5.56 Å². The molecule has 0 aromatic heterocycles. The van der Waals surface area contributed by atoms with Crippen molar-refractivity contribution in [3.05, 3.63) is 70.5 Å². The van der Waals surface area contributed by atoms with Crippen LogP contribution in [0.2, 0.25) is 18.1 Å². The first kappa shape index (κ1) is 18.8. The predicted molar refractivity (Wildman–Crippen MR) is 103 cm³/mol. The summed E-state index contributed by atoms with van der Waals surface area (Å²) in [7, 11) is -0.467. The first-order valence-corrected chi connectivity index (χ1v) is 11.8. The molecular weight excluding hydrogens is 349 g/mol. The van der Waals surface area contributed by atoms with E-state index < -0.39 is 26.2 Å². The minimum atomic E-state index is -1.46. The van der Waals surface area contributed by atoms with Gasteiger partial charge in [-0.1, -0.05) is 55.5 Å². The molecule has 1 aliphatic heterocycles. The number of benzene rings is 2. The third-order valence-corrected chi connectivity index (χ3v) is 8.95. The normalized spacial score (nSPS) is 19.7. The lowest BCUT2D eigenvalue weighted by Crippen LogP contribution is -2.19. The fourth-order valence-electron chi connectivity index (χ4n) is 3.80. The van der Waals surface area contributed by atoms with E-state index in [0.29, 0.717) is 5.92 Å². The largest absolute Gasteiger partial charge is 0.204 e. The van der Waals surface area contributed by atoms with Crippen LogP contribution in [0.25, 0.3) is 0 Å². The minimum Gasteiger partial charge on any atom is -0.204 e. The summed E-state index contributed by atoms with van der Waals surface area (Å²) < 4.78 is 39.4. The average Bonchev–Trinajstić information content (AvgIpc) is 2.66. The molecule has 1 aliphatic rings. The van der Waals surface area contributed by atoms with Gasteiger partial charge >= 0.3 is 0 Å². The van der Waals surface area contributed by atoms with Gasteiger partial charge in [-0.3, -0.25) is 0 Å². The molecule has 0 aliphatic carbocycles. The van der Waals surface area contributed by atoms with Crippen LogP contribution in [0.15, 0.2) is 36.4 Å². The molecule has 0 radical (unpaired) electrons. The highest BCUT2D eigenvalue weighted by Gasteiger charge is 2.22. The monoisotopic (exact) mass is 372 g/mol. The topological polar surface area (TPSA) is 0 Å². The zero-order valence-electron chi connectivity index (χ0n) is 15.0. The second-order valence-electron chi connectivity index (χ2n) is 7.13. The molecule has 0 bridgehead atoms. The number of hydrogen-bond acceptors (Lipinski definition) is 0. The highest BCUT2D eigenvalue weighted by molar-refractivity contribution is 6.59. The Kier molecular flexibility index (Phi) is 6.21. The fraction of sp³-hybridized carbons (Fsp3) is 0.364. The van der Waals surface area contributed by atoms with Crippen LogP contribution < -0.4 is 0 Å². The maximum atomic E-state index is 13.2. The summed E-state index contributed by atoms with van der Waals surface area (Å²) in [4.78, 5) is 0. The Labute approximate surface area is 155 Å². The molecule has 136 valence electrons. The van der Waals surface area contributed by atoms with Gasteiger partial charge in [-0.05, 0) is 48.6 Å². The first-order valence-electron chi connectivity index (χ1n) is 9.33. The van der Waals surface area contributed by atoms with E-state index in [4.69, 9.17) is 0 Å². The van der Waals surface area contributed by atoms with Crippen molar-refractivity contribution < 1.29 is 13.2 Å². The molecule has 1 heterocycles. The van der Waals surface area contributed by atoms with Gasteiger partial charge in [-0.15, -0.1) is 0 Å². The van der Waals surface area contributed by atoms with Crippen molar-refractivity contribution in [1.29, 1.82) is 0 Å². The summed E-state index contributed by atoms with van der Waals surface area (Å²) in [5.74, 6) is 2.35. The van der Waals surface area contributed by atoms with Crippen molar-refractivity contribution in [2.24, 2.45) is 0 Å². The molecule has 1 fully saturated rings. The van der Waals surface area contributed by atoms with Crippen LogP contribution in [0.4, 0.5) is 13.2 Å². The molecule has 26 heavy (non-hydrogen) atoms. The van der Waals surface area contributed by atoms with Crippen LogP contribution in [0, 0.1) is 29.3 Å². The minimum absolute atomic E-state index is 0.129. The maximum absolute atomic E-state index is 13.2.